The van der Waals surface area contributed by atoms with Crippen LogP contribution in [-0.2, 0) is 13.1 Å². The largest absolute Gasteiger partial charge is 0.349 e. The predicted molar refractivity (Wildman–Crippen MR) is 153 cm³/mol. The minimum Gasteiger partial charge on any atom is -0.349 e. The van der Waals surface area contributed by atoms with Crippen LogP contribution in [0.25, 0.3) is 22.4 Å². The molecular weight excluding hydrogens is 544 g/mol. The SMILES string of the molecule is O=[N+]([O-])c1ccc2nc(-c3ccc(N=Cc4ccc5c(c4)CN4CN5Cc5cc(Br)ccc54)cc3)[nH]c2c1. The highest BCUT2D eigenvalue weighted by atomic mass is 79.9. The molecule has 0 unspecified atom stereocenters. The topological polar surface area (TPSA) is 90.7 Å². The number of aromatic amines is 1. The van der Waals surface area contributed by atoms with Crippen molar-refractivity contribution in [2.45, 2.75) is 13.1 Å². The molecule has 0 saturated heterocycles. The zero-order valence-electron chi connectivity index (χ0n) is 20.1. The molecule has 2 aliphatic rings. The minimum atomic E-state index is -0.408. The fourth-order valence-electron chi connectivity index (χ4n) is 5.25. The van der Waals surface area contributed by atoms with E-state index in [2.05, 4.69) is 77.1 Å². The van der Waals surface area contributed by atoms with E-state index < -0.39 is 4.92 Å². The zero-order valence-corrected chi connectivity index (χ0v) is 21.7. The van der Waals surface area contributed by atoms with Gasteiger partial charge in [-0.05, 0) is 77.4 Å². The number of rotatable bonds is 4. The lowest BCUT2D eigenvalue weighted by molar-refractivity contribution is -0.384. The van der Waals surface area contributed by atoms with E-state index in [1.54, 1.807) is 6.07 Å². The van der Waals surface area contributed by atoms with Crippen LogP contribution in [0.2, 0.25) is 0 Å². The lowest BCUT2D eigenvalue weighted by atomic mass is 10.0. The maximum atomic E-state index is 11.0. The van der Waals surface area contributed by atoms with E-state index in [1.165, 1.54) is 34.6 Å². The Hall–Kier alpha value is -4.50. The van der Waals surface area contributed by atoms with Crippen molar-refractivity contribution in [3.63, 3.8) is 0 Å². The summed E-state index contributed by atoms with van der Waals surface area (Å²) >= 11 is 3.60. The van der Waals surface area contributed by atoms with E-state index in [1.807, 2.05) is 30.5 Å². The van der Waals surface area contributed by atoms with Crippen molar-refractivity contribution in [3.05, 3.63) is 110 Å². The summed E-state index contributed by atoms with van der Waals surface area (Å²) in [5, 5.41) is 11.0. The zero-order chi connectivity index (χ0) is 25.8. The predicted octanol–water partition coefficient (Wildman–Crippen LogP) is 6.95. The highest BCUT2D eigenvalue weighted by molar-refractivity contribution is 9.10. The van der Waals surface area contributed by atoms with Crippen LogP contribution in [0, 0.1) is 10.1 Å². The summed E-state index contributed by atoms with van der Waals surface area (Å²) in [5.41, 5.74) is 9.37. The number of anilines is 2. The van der Waals surface area contributed by atoms with Gasteiger partial charge in [0.15, 0.2) is 0 Å². The second-order valence-corrected chi connectivity index (χ2v) is 10.5. The molecule has 38 heavy (non-hydrogen) atoms. The van der Waals surface area contributed by atoms with Gasteiger partial charge in [0.05, 0.1) is 28.3 Å². The smallest absolute Gasteiger partial charge is 0.271 e. The minimum absolute atomic E-state index is 0.0372. The fourth-order valence-corrected chi connectivity index (χ4v) is 5.66. The Bertz CT molecular complexity index is 1760. The molecule has 0 amide bonds. The van der Waals surface area contributed by atoms with Crippen molar-refractivity contribution in [2.75, 3.05) is 16.5 Å². The average molecular weight is 565 g/mol. The second kappa shape index (κ2) is 8.81. The van der Waals surface area contributed by atoms with E-state index in [9.17, 15) is 10.1 Å². The van der Waals surface area contributed by atoms with Gasteiger partial charge in [-0.15, -0.1) is 0 Å². The van der Waals surface area contributed by atoms with Gasteiger partial charge in [0.25, 0.3) is 5.69 Å². The first kappa shape index (κ1) is 22.7. The van der Waals surface area contributed by atoms with Gasteiger partial charge in [0.1, 0.15) is 5.82 Å². The van der Waals surface area contributed by atoms with E-state index in [-0.39, 0.29) is 5.69 Å². The van der Waals surface area contributed by atoms with Crippen molar-refractivity contribution in [1.29, 1.82) is 0 Å². The molecule has 0 saturated carbocycles. The summed E-state index contributed by atoms with van der Waals surface area (Å²) in [6, 6.07) is 25.5. The fraction of sp³-hybridized carbons (Fsp3) is 0.103. The first-order valence-corrected chi connectivity index (χ1v) is 13.0. The maximum absolute atomic E-state index is 11.0. The molecule has 2 bridgehead atoms. The maximum Gasteiger partial charge on any atom is 0.271 e. The Labute approximate surface area is 226 Å². The van der Waals surface area contributed by atoms with Gasteiger partial charge < -0.3 is 14.8 Å². The number of nitro groups is 1. The van der Waals surface area contributed by atoms with Crippen LogP contribution in [0.15, 0.2) is 88.3 Å². The molecule has 8 nitrogen and oxygen atoms in total. The molecule has 4 aromatic carbocycles. The summed E-state index contributed by atoms with van der Waals surface area (Å²) in [7, 11) is 0. The monoisotopic (exact) mass is 564 g/mol. The number of aliphatic imine (C=N–C) groups is 1. The Morgan fingerprint density at radius 3 is 2.42 bits per heavy atom. The quantitative estimate of drug-likeness (QED) is 0.145. The normalized spacial score (nSPS) is 14.1. The number of hydrogen-bond acceptors (Lipinski definition) is 6. The molecule has 3 heterocycles. The molecule has 0 atom stereocenters. The van der Waals surface area contributed by atoms with Gasteiger partial charge in [0, 0.05) is 52.8 Å². The lowest BCUT2D eigenvalue weighted by Crippen LogP contribution is -2.46. The third kappa shape index (κ3) is 4.01. The van der Waals surface area contributed by atoms with Crippen molar-refractivity contribution in [3.8, 4) is 11.4 Å². The van der Waals surface area contributed by atoms with Gasteiger partial charge in [-0.2, -0.15) is 0 Å². The number of halogens is 1. The van der Waals surface area contributed by atoms with Gasteiger partial charge in [0.2, 0.25) is 0 Å². The van der Waals surface area contributed by atoms with Crippen LogP contribution in [0.1, 0.15) is 16.7 Å². The number of imidazole rings is 1. The molecule has 9 heteroatoms. The molecule has 0 aliphatic carbocycles. The molecule has 1 N–H and O–H groups in total. The molecule has 0 spiro atoms. The van der Waals surface area contributed by atoms with Crippen LogP contribution in [-0.4, -0.2) is 27.8 Å². The van der Waals surface area contributed by atoms with Crippen LogP contribution in [0.3, 0.4) is 0 Å². The summed E-state index contributed by atoms with van der Waals surface area (Å²) in [4.78, 5) is 27.9. The van der Waals surface area contributed by atoms with Crippen LogP contribution in [0.4, 0.5) is 22.7 Å². The Balaban J connectivity index is 1.10. The lowest BCUT2D eigenvalue weighted by Gasteiger charge is -2.44. The number of nitrogens with one attached hydrogen (secondary N) is 1. The number of nitro benzene ring substituents is 1. The van der Waals surface area contributed by atoms with Crippen molar-refractivity contribution >= 4 is 55.9 Å². The van der Waals surface area contributed by atoms with Crippen molar-refractivity contribution in [2.24, 2.45) is 4.99 Å². The number of H-pyrrole nitrogens is 1. The summed E-state index contributed by atoms with van der Waals surface area (Å²) in [6.07, 6.45) is 1.90. The van der Waals surface area contributed by atoms with Gasteiger partial charge in [-0.1, -0.05) is 22.0 Å². The number of nitrogens with zero attached hydrogens (tertiary/aromatic N) is 5. The average Bonchev–Trinajstić information content (AvgIpc) is 3.35. The standard InChI is InChI=1S/C29H21BrN6O2/c30-22-4-10-28-21(12-22)16-35-17-34(28)15-20-11-18(1-9-27(20)35)14-31-23-5-2-19(3-6-23)29-32-25-8-7-24(36(37)38)13-26(25)33-29/h1-14H,15-17H2,(H,32,33). The molecule has 5 aromatic rings. The second-order valence-electron chi connectivity index (χ2n) is 9.55. The summed E-state index contributed by atoms with van der Waals surface area (Å²) in [5.74, 6) is 0.662. The Morgan fingerprint density at radius 1 is 0.921 bits per heavy atom. The molecular formula is C29H21BrN6O2. The highest BCUT2D eigenvalue weighted by Gasteiger charge is 2.29. The van der Waals surface area contributed by atoms with Gasteiger partial charge in [-0.25, -0.2) is 4.98 Å². The molecule has 1 aromatic heterocycles. The Kier molecular flexibility index (Phi) is 5.26. The first-order chi connectivity index (χ1) is 18.5. The number of non-ortho nitro benzene ring substituents is 1. The molecule has 186 valence electrons. The summed E-state index contributed by atoms with van der Waals surface area (Å²) < 4.78 is 1.11. The van der Waals surface area contributed by atoms with Crippen molar-refractivity contribution in [1.82, 2.24) is 9.97 Å². The van der Waals surface area contributed by atoms with Crippen molar-refractivity contribution < 1.29 is 4.92 Å². The van der Waals surface area contributed by atoms with Crippen LogP contribution >= 0.6 is 15.9 Å². The third-order valence-electron chi connectivity index (χ3n) is 7.07. The van der Waals surface area contributed by atoms with E-state index >= 15 is 0 Å². The molecule has 2 aliphatic heterocycles. The van der Waals surface area contributed by atoms with E-state index in [0.717, 1.165) is 41.0 Å². The van der Waals surface area contributed by atoms with E-state index in [0.29, 0.717) is 16.9 Å². The Morgan fingerprint density at radius 2 is 1.66 bits per heavy atom. The molecule has 7 rings (SSSR count). The number of fused-ring (bicyclic) bond motifs is 7. The van der Waals surface area contributed by atoms with Crippen LogP contribution in [0.5, 0.6) is 0 Å². The van der Waals surface area contributed by atoms with Gasteiger partial charge in [-0.3, -0.25) is 15.1 Å². The number of benzene rings is 4. The van der Waals surface area contributed by atoms with Gasteiger partial charge >= 0.3 is 0 Å². The van der Waals surface area contributed by atoms with Crippen LogP contribution < -0.4 is 9.80 Å². The first-order valence-electron chi connectivity index (χ1n) is 12.2. The molecule has 0 fully saturated rings. The van der Waals surface area contributed by atoms with E-state index in [4.69, 9.17) is 0 Å². The third-order valence-corrected chi connectivity index (χ3v) is 7.56. The summed E-state index contributed by atoms with van der Waals surface area (Å²) in [6.45, 7) is 2.68. The molecule has 0 radical (unpaired) electrons. The highest BCUT2D eigenvalue weighted by Crippen LogP contribution is 2.39. The number of aromatic nitrogens is 2. The number of hydrogen-bond donors (Lipinski definition) is 1.